The zero-order valence-corrected chi connectivity index (χ0v) is 6.15. The van der Waals surface area contributed by atoms with Gasteiger partial charge in [-0.05, 0) is 13.0 Å². The molecule has 3 nitrogen and oxygen atoms in total. The zero-order valence-electron chi connectivity index (χ0n) is 6.15. The number of nitrogens with zero attached hydrogens (tertiary/aromatic N) is 2. The molecule has 0 amide bonds. The Morgan fingerprint density at radius 2 is 2.27 bits per heavy atom. The van der Waals surface area contributed by atoms with Crippen molar-refractivity contribution in [2.75, 3.05) is 0 Å². The molecule has 0 aromatic carbocycles. The summed E-state index contributed by atoms with van der Waals surface area (Å²) in [5, 5.41) is 9.19. The molecule has 3 heteroatoms. The molecule has 0 aliphatic rings. The first kappa shape index (κ1) is 6.22. The van der Waals surface area contributed by atoms with Gasteiger partial charge in [0.05, 0.1) is 18.0 Å². The quantitative estimate of drug-likeness (QED) is 0.612. The van der Waals surface area contributed by atoms with Gasteiger partial charge in [-0.2, -0.15) is 0 Å². The van der Waals surface area contributed by atoms with Crippen molar-refractivity contribution < 1.29 is 5.11 Å². The van der Waals surface area contributed by atoms with E-state index in [2.05, 4.69) is 4.98 Å². The molecule has 0 radical (unpaired) electrons. The van der Waals surface area contributed by atoms with Gasteiger partial charge >= 0.3 is 0 Å². The summed E-state index contributed by atoms with van der Waals surface area (Å²) < 4.78 is 1.92. The Kier molecular flexibility index (Phi) is 1.12. The maximum atomic E-state index is 9.19. The molecule has 2 aromatic rings. The van der Waals surface area contributed by atoms with Crippen LogP contribution in [0.5, 0.6) is 5.75 Å². The smallest absolute Gasteiger partial charge is 0.119 e. The lowest BCUT2D eigenvalue weighted by atomic mass is 10.3. The Morgan fingerprint density at radius 3 is 3.09 bits per heavy atom. The molecule has 0 aliphatic heterocycles. The van der Waals surface area contributed by atoms with E-state index in [-0.39, 0.29) is 5.75 Å². The van der Waals surface area contributed by atoms with Crippen molar-refractivity contribution >= 4 is 5.52 Å². The third-order valence-corrected chi connectivity index (χ3v) is 1.70. The van der Waals surface area contributed by atoms with Gasteiger partial charge in [-0.3, -0.25) is 0 Å². The van der Waals surface area contributed by atoms with E-state index in [4.69, 9.17) is 0 Å². The van der Waals surface area contributed by atoms with E-state index in [9.17, 15) is 5.11 Å². The molecule has 0 saturated carbocycles. The van der Waals surface area contributed by atoms with Crippen molar-refractivity contribution in [3.63, 3.8) is 0 Å². The van der Waals surface area contributed by atoms with Gasteiger partial charge in [-0.25, -0.2) is 4.98 Å². The van der Waals surface area contributed by atoms with E-state index in [1.807, 2.05) is 11.3 Å². The predicted octanol–water partition coefficient (Wildman–Crippen LogP) is 1.35. The second-order valence-electron chi connectivity index (χ2n) is 2.54. The number of hydrogen-bond acceptors (Lipinski definition) is 2. The van der Waals surface area contributed by atoms with Gasteiger partial charge < -0.3 is 9.51 Å². The number of rotatable bonds is 0. The minimum Gasteiger partial charge on any atom is -0.508 e. The molecular formula is C8H8N2O. The van der Waals surface area contributed by atoms with Gasteiger partial charge in [0.15, 0.2) is 0 Å². The minimum atomic E-state index is 0.288. The first-order valence-electron chi connectivity index (χ1n) is 3.39. The van der Waals surface area contributed by atoms with Crippen molar-refractivity contribution in [1.82, 2.24) is 9.38 Å². The van der Waals surface area contributed by atoms with Crippen molar-refractivity contribution in [1.29, 1.82) is 0 Å². The monoisotopic (exact) mass is 148 g/mol. The number of aryl methyl sites for hydroxylation is 1. The van der Waals surface area contributed by atoms with Crippen LogP contribution in [0.25, 0.3) is 5.52 Å². The third-order valence-electron chi connectivity index (χ3n) is 1.70. The fourth-order valence-electron chi connectivity index (χ4n) is 1.18. The Balaban J connectivity index is 2.91. The van der Waals surface area contributed by atoms with E-state index in [0.717, 1.165) is 11.2 Å². The van der Waals surface area contributed by atoms with Crippen LogP contribution in [0, 0.1) is 6.92 Å². The van der Waals surface area contributed by atoms with Crippen LogP contribution >= 0.6 is 0 Å². The highest BCUT2D eigenvalue weighted by Crippen LogP contribution is 2.15. The van der Waals surface area contributed by atoms with Gasteiger partial charge in [0, 0.05) is 11.8 Å². The van der Waals surface area contributed by atoms with E-state index in [0.29, 0.717) is 0 Å². The fraction of sp³-hybridized carbons (Fsp3) is 0.125. The van der Waals surface area contributed by atoms with E-state index >= 15 is 0 Å². The van der Waals surface area contributed by atoms with E-state index in [1.165, 1.54) is 0 Å². The van der Waals surface area contributed by atoms with Gasteiger partial charge in [0.25, 0.3) is 0 Å². The zero-order chi connectivity index (χ0) is 7.84. The molecule has 0 unspecified atom stereocenters. The summed E-state index contributed by atoms with van der Waals surface area (Å²) >= 11 is 0. The molecule has 0 bridgehead atoms. The molecular weight excluding hydrogens is 140 g/mol. The average molecular weight is 148 g/mol. The number of pyridine rings is 1. The molecule has 0 atom stereocenters. The van der Waals surface area contributed by atoms with E-state index in [1.54, 1.807) is 24.7 Å². The number of imidazole rings is 1. The molecule has 0 saturated heterocycles. The maximum absolute atomic E-state index is 9.19. The first-order chi connectivity index (χ1) is 5.27. The predicted molar refractivity (Wildman–Crippen MR) is 41.6 cm³/mol. The summed E-state index contributed by atoms with van der Waals surface area (Å²) in [7, 11) is 0. The lowest BCUT2D eigenvalue weighted by molar-refractivity contribution is 0.474. The SMILES string of the molecule is Cc1cc(O)cc2cncn12. The van der Waals surface area contributed by atoms with Crippen molar-refractivity contribution in [2.24, 2.45) is 0 Å². The summed E-state index contributed by atoms with van der Waals surface area (Å²) in [6, 6.07) is 3.38. The summed E-state index contributed by atoms with van der Waals surface area (Å²) in [5.74, 6) is 0.288. The lowest BCUT2D eigenvalue weighted by Gasteiger charge is -1.99. The van der Waals surface area contributed by atoms with Crippen LogP contribution in [-0.2, 0) is 0 Å². The average Bonchev–Trinajstić information content (AvgIpc) is 2.34. The lowest BCUT2D eigenvalue weighted by Crippen LogP contribution is -1.86. The summed E-state index contributed by atoms with van der Waals surface area (Å²) in [6.07, 6.45) is 3.44. The number of aromatic nitrogens is 2. The summed E-state index contributed by atoms with van der Waals surface area (Å²) in [5.41, 5.74) is 1.90. The molecule has 2 aromatic heterocycles. The highest BCUT2D eigenvalue weighted by Gasteiger charge is 1.97. The van der Waals surface area contributed by atoms with Crippen LogP contribution in [-0.4, -0.2) is 14.5 Å². The topological polar surface area (TPSA) is 37.5 Å². The largest absolute Gasteiger partial charge is 0.508 e. The van der Waals surface area contributed by atoms with Crippen molar-refractivity contribution in [3.8, 4) is 5.75 Å². The Morgan fingerprint density at radius 1 is 1.45 bits per heavy atom. The van der Waals surface area contributed by atoms with Gasteiger partial charge in [0.1, 0.15) is 5.75 Å². The van der Waals surface area contributed by atoms with Crippen LogP contribution in [0.1, 0.15) is 5.69 Å². The van der Waals surface area contributed by atoms with Crippen LogP contribution in [0.2, 0.25) is 0 Å². The number of aromatic hydroxyl groups is 1. The standard InChI is InChI=1S/C8H8N2O/c1-6-2-8(11)3-7-4-9-5-10(6)7/h2-5,11H,1H3. The summed E-state index contributed by atoms with van der Waals surface area (Å²) in [6.45, 7) is 1.92. The molecule has 2 heterocycles. The van der Waals surface area contributed by atoms with Crippen molar-refractivity contribution in [3.05, 3.63) is 30.4 Å². The highest BCUT2D eigenvalue weighted by atomic mass is 16.3. The Labute approximate surface area is 63.9 Å². The van der Waals surface area contributed by atoms with Crippen LogP contribution in [0.3, 0.4) is 0 Å². The normalized spacial score (nSPS) is 10.6. The Bertz CT molecular complexity index is 392. The molecule has 0 aliphatic carbocycles. The third kappa shape index (κ3) is 0.852. The first-order valence-corrected chi connectivity index (χ1v) is 3.39. The second kappa shape index (κ2) is 1.99. The molecule has 2 rings (SSSR count). The van der Waals surface area contributed by atoms with E-state index < -0.39 is 0 Å². The Hall–Kier alpha value is -1.51. The van der Waals surface area contributed by atoms with Gasteiger partial charge in [0.2, 0.25) is 0 Å². The van der Waals surface area contributed by atoms with Gasteiger partial charge in [-0.1, -0.05) is 0 Å². The van der Waals surface area contributed by atoms with Gasteiger partial charge in [-0.15, -0.1) is 0 Å². The van der Waals surface area contributed by atoms with Crippen LogP contribution in [0.4, 0.5) is 0 Å². The summed E-state index contributed by atoms with van der Waals surface area (Å²) in [4.78, 5) is 3.96. The van der Waals surface area contributed by atoms with Crippen LogP contribution < -0.4 is 0 Å². The molecule has 1 N–H and O–H groups in total. The molecule has 56 valence electrons. The molecule has 11 heavy (non-hydrogen) atoms. The number of hydrogen-bond donors (Lipinski definition) is 1. The molecule has 0 spiro atoms. The minimum absolute atomic E-state index is 0.288. The second-order valence-corrected chi connectivity index (χ2v) is 2.54. The van der Waals surface area contributed by atoms with Crippen molar-refractivity contribution in [2.45, 2.75) is 6.92 Å². The number of fused-ring (bicyclic) bond motifs is 1. The fourth-order valence-corrected chi connectivity index (χ4v) is 1.18. The maximum Gasteiger partial charge on any atom is 0.119 e. The highest BCUT2D eigenvalue weighted by molar-refractivity contribution is 5.50. The molecule has 0 fully saturated rings. The van der Waals surface area contributed by atoms with Crippen LogP contribution in [0.15, 0.2) is 24.7 Å².